The van der Waals surface area contributed by atoms with Gasteiger partial charge >= 0.3 is 0 Å². The molecule has 0 spiro atoms. The maximum Gasteiger partial charge on any atom is 0.231 e. The lowest BCUT2D eigenvalue weighted by Crippen LogP contribution is -2.41. The van der Waals surface area contributed by atoms with Crippen LogP contribution in [-0.4, -0.2) is 38.8 Å². The molecule has 2 unspecified atom stereocenters. The van der Waals surface area contributed by atoms with E-state index in [9.17, 15) is 4.79 Å². The van der Waals surface area contributed by atoms with E-state index in [0.29, 0.717) is 24.7 Å². The summed E-state index contributed by atoms with van der Waals surface area (Å²) in [6.45, 7) is 4.03. The summed E-state index contributed by atoms with van der Waals surface area (Å²) in [5.41, 5.74) is 0.715. The van der Waals surface area contributed by atoms with Crippen molar-refractivity contribution in [2.45, 2.75) is 19.4 Å². The summed E-state index contributed by atoms with van der Waals surface area (Å²) < 4.78 is 11.5. The molecule has 2 atom stereocenters. The Labute approximate surface area is 133 Å². The van der Waals surface area contributed by atoms with Crippen molar-refractivity contribution < 1.29 is 14.3 Å². The van der Waals surface area contributed by atoms with Gasteiger partial charge in [-0.05, 0) is 25.1 Å². The highest BCUT2D eigenvalue weighted by molar-refractivity contribution is 9.10. The maximum absolute atomic E-state index is 12.4. The van der Waals surface area contributed by atoms with Crippen LogP contribution in [0.25, 0.3) is 0 Å². The molecule has 1 aliphatic heterocycles. The van der Waals surface area contributed by atoms with Crippen LogP contribution in [0.3, 0.4) is 0 Å². The van der Waals surface area contributed by atoms with Crippen molar-refractivity contribution in [1.29, 1.82) is 0 Å². The summed E-state index contributed by atoms with van der Waals surface area (Å²) >= 11 is 3.40. The van der Waals surface area contributed by atoms with Gasteiger partial charge in [0.25, 0.3) is 0 Å². The molecule has 0 saturated carbocycles. The SMILES string of the molecule is CCCNC1COCC1C(=O)Nc1cc(Br)cc(OC)c1. The number of methoxy groups -OCH3 is 1. The van der Waals surface area contributed by atoms with Crippen molar-refractivity contribution in [3.63, 3.8) is 0 Å². The largest absolute Gasteiger partial charge is 0.497 e. The minimum atomic E-state index is -0.165. The molecule has 1 aromatic rings. The van der Waals surface area contributed by atoms with Crippen LogP contribution in [0.15, 0.2) is 22.7 Å². The first-order chi connectivity index (χ1) is 10.1. The van der Waals surface area contributed by atoms with Gasteiger partial charge in [0.1, 0.15) is 5.75 Å². The molecule has 1 heterocycles. The predicted molar refractivity (Wildman–Crippen MR) is 85.7 cm³/mol. The lowest BCUT2D eigenvalue weighted by molar-refractivity contribution is -0.120. The van der Waals surface area contributed by atoms with E-state index >= 15 is 0 Å². The van der Waals surface area contributed by atoms with Gasteiger partial charge in [-0.1, -0.05) is 22.9 Å². The summed E-state index contributed by atoms with van der Waals surface area (Å²) in [6, 6.07) is 5.58. The number of ether oxygens (including phenoxy) is 2. The summed E-state index contributed by atoms with van der Waals surface area (Å²) in [4.78, 5) is 12.4. The lowest BCUT2D eigenvalue weighted by Gasteiger charge is -2.18. The predicted octanol–water partition coefficient (Wildman–Crippen LogP) is 2.41. The Balaban J connectivity index is 2.01. The molecule has 0 aliphatic carbocycles. The van der Waals surface area contributed by atoms with Crippen LogP contribution in [0.1, 0.15) is 13.3 Å². The Kier molecular flexibility index (Phi) is 6.02. The zero-order valence-corrected chi connectivity index (χ0v) is 13.9. The van der Waals surface area contributed by atoms with Crippen molar-refractivity contribution >= 4 is 27.5 Å². The molecule has 0 aromatic heterocycles. The first kappa shape index (κ1) is 16.3. The average Bonchev–Trinajstić information content (AvgIpc) is 2.92. The fraction of sp³-hybridized carbons (Fsp3) is 0.533. The van der Waals surface area contributed by atoms with Crippen molar-refractivity contribution in [3.8, 4) is 5.75 Å². The summed E-state index contributed by atoms with van der Waals surface area (Å²) in [7, 11) is 1.60. The topological polar surface area (TPSA) is 59.6 Å². The summed E-state index contributed by atoms with van der Waals surface area (Å²) in [5, 5.41) is 6.30. The zero-order valence-electron chi connectivity index (χ0n) is 12.3. The first-order valence-electron chi connectivity index (χ1n) is 7.10. The number of halogens is 1. The summed E-state index contributed by atoms with van der Waals surface area (Å²) in [5.74, 6) is 0.505. The van der Waals surface area contributed by atoms with Gasteiger partial charge in [-0.3, -0.25) is 4.79 Å². The van der Waals surface area contributed by atoms with E-state index < -0.39 is 0 Å². The first-order valence-corrected chi connectivity index (χ1v) is 7.90. The Bertz CT molecular complexity index is 496. The number of hydrogen-bond donors (Lipinski definition) is 2. The molecule has 2 N–H and O–H groups in total. The molecular weight excluding hydrogens is 336 g/mol. The minimum absolute atomic E-state index is 0.0266. The van der Waals surface area contributed by atoms with Gasteiger partial charge in [-0.25, -0.2) is 0 Å². The molecular formula is C15H21BrN2O3. The molecule has 21 heavy (non-hydrogen) atoms. The third-order valence-corrected chi connectivity index (χ3v) is 3.91. The van der Waals surface area contributed by atoms with Crippen LogP contribution >= 0.6 is 15.9 Å². The Morgan fingerprint density at radius 3 is 2.95 bits per heavy atom. The van der Waals surface area contributed by atoms with E-state index in [1.54, 1.807) is 13.2 Å². The van der Waals surface area contributed by atoms with Crippen LogP contribution in [0.2, 0.25) is 0 Å². The number of rotatable bonds is 6. The third-order valence-electron chi connectivity index (χ3n) is 3.45. The molecule has 1 aliphatic rings. The number of carbonyl (C=O) groups is 1. The number of amides is 1. The van der Waals surface area contributed by atoms with Gasteiger partial charge < -0.3 is 20.1 Å². The van der Waals surface area contributed by atoms with Crippen molar-refractivity contribution in [2.24, 2.45) is 5.92 Å². The number of nitrogens with one attached hydrogen (secondary N) is 2. The van der Waals surface area contributed by atoms with Gasteiger partial charge in [-0.15, -0.1) is 0 Å². The quantitative estimate of drug-likeness (QED) is 0.821. The van der Waals surface area contributed by atoms with Gasteiger partial charge in [-0.2, -0.15) is 0 Å². The molecule has 5 nitrogen and oxygen atoms in total. The highest BCUT2D eigenvalue weighted by atomic mass is 79.9. The summed E-state index contributed by atoms with van der Waals surface area (Å²) in [6.07, 6.45) is 1.04. The fourth-order valence-corrected chi connectivity index (χ4v) is 2.80. The monoisotopic (exact) mass is 356 g/mol. The van der Waals surface area contributed by atoms with Crippen molar-refractivity contribution in [2.75, 3.05) is 32.2 Å². The number of anilines is 1. The second-order valence-corrected chi connectivity index (χ2v) is 5.99. The number of hydrogen-bond acceptors (Lipinski definition) is 4. The molecule has 1 amide bonds. The molecule has 1 aromatic carbocycles. The normalized spacial score (nSPS) is 21.3. The van der Waals surface area contributed by atoms with E-state index in [2.05, 4.69) is 33.5 Å². The lowest BCUT2D eigenvalue weighted by atomic mass is 10.0. The van der Waals surface area contributed by atoms with Crippen LogP contribution in [0, 0.1) is 5.92 Å². The minimum Gasteiger partial charge on any atom is -0.497 e. The molecule has 6 heteroatoms. The molecule has 2 rings (SSSR count). The van der Waals surface area contributed by atoms with Crippen molar-refractivity contribution in [3.05, 3.63) is 22.7 Å². The Hall–Kier alpha value is -1.11. The standard InChI is InChI=1S/C15H21BrN2O3/c1-3-4-17-14-9-21-8-13(14)15(19)18-11-5-10(16)6-12(7-11)20-2/h5-7,13-14,17H,3-4,8-9H2,1-2H3,(H,18,19). The highest BCUT2D eigenvalue weighted by Gasteiger charge is 2.33. The van der Waals surface area contributed by atoms with E-state index in [1.807, 2.05) is 12.1 Å². The molecule has 0 bridgehead atoms. The Morgan fingerprint density at radius 1 is 1.43 bits per heavy atom. The smallest absolute Gasteiger partial charge is 0.231 e. The molecule has 116 valence electrons. The van der Waals surface area contributed by atoms with E-state index in [0.717, 1.165) is 17.4 Å². The molecule has 0 radical (unpaired) electrons. The third kappa shape index (κ3) is 4.43. The number of carbonyl (C=O) groups excluding carboxylic acids is 1. The van der Waals surface area contributed by atoms with Crippen molar-refractivity contribution in [1.82, 2.24) is 5.32 Å². The molecule has 1 saturated heterocycles. The van der Waals surface area contributed by atoms with Crippen LogP contribution in [0.4, 0.5) is 5.69 Å². The van der Waals surface area contributed by atoms with E-state index in [-0.39, 0.29) is 17.9 Å². The van der Waals surface area contributed by atoms with Gasteiger partial charge in [0.2, 0.25) is 5.91 Å². The fourth-order valence-electron chi connectivity index (χ4n) is 2.33. The van der Waals surface area contributed by atoms with Gasteiger partial charge in [0.15, 0.2) is 0 Å². The highest BCUT2D eigenvalue weighted by Crippen LogP contribution is 2.25. The second kappa shape index (κ2) is 7.77. The average molecular weight is 357 g/mol. The van der Waals surface area contributed by atoms with Crippen LogP contribution in [-0.2, 0) is 9.53 Å². The zero-order chi connectivity index (χ0) is 15.2. The Morgan fingerprint density at radius 2 is 2.24 bits per heavy atom. The van der Waals surface area contributed by atoms with Gasteiger partial charge in [0.05, 0.1) is 26.2 Å². The van der Waals surface area contributed by atoms with Crippen LogP contribution < -0.4 is 15.4 Å². The maximum atomic E-state index is 12.4. The van der Waals surface area contributed by atoms with E-state index in [4.69, 9.17) is 9.47 Å². The van der Waals surface area contributed by atoms with Crippen LogP contribution in [0.5, 0.6) is 5.75 Å². The van der Waals surface area contributed by atoms with Gasteiger partial charge in [0, 0.05) is 22.3 Å². The van der Waals surface area contributed by atoms with E-state index in [1.165, 1.54) is 0 Å². The second-order valence-electron chi connectivity index (χ2n) is 5.07. The number of benzene rings is 1. The molecule has 1 fully saturated rings.